The first kappa shape index (κ1) is 17.6. The molecule has 0 spiro atoms. The number of anilines is 1. The number of aromatic nitrogens is 1. The van der Waals surface area contributed by atoms with E-state index in [-0.39, 0.29) is 5.11 Å². The van der Waals surface area contributed by atoms with Gasteiger partial charge >= 0.3 is 0 Å². The molecule has 1 amide bonds. The molecule has 2 aromatic carbocycles. The van der Waals surface area contributed by atoms with Gasteiger partial charge in [-0.25, -0.2) is 4.98 Å². The van der Waals surface area contributed by atoms with E-state index in [4.69, 9.17) is 35.4 Å². The zero-order valence-corrected chi connectivity index (χ0v) is 16.5. The van der Waals surface area contributed by atoms with Crippen LogP contribution in [0.25, 0.3) is 10.2 Å². The molecule has 0 aliphatic heterocycles. The van der Waals surface area contributed by atoms with Crippen LogP contribution >= 0.6 is 62.7 Å². The molecule has 0 unspecified atom stereocenters. The molecule has 0 saturated carbocycles. The van der Waals surface area contributed by atoms with E-state index in [0.717, 1.165) is 14.7 Å². The predicted octanol–water partition coefficient (Wildman–Crippen LogP) is 5.49. The minimum Gasteiger partial charge on any atom is -0.308 e. The molecule has 0 bridgehead atoms. The zero-order chi connectivity index (χ0) is 17.3. The number of hydrogen-bond donors (Lipinski definition) is 2. The van der Waals surface area contributed by atoms with Crippen LogP contribution in [0.1, 0.15) is 10.4 Å². The Labute approximate surface area is 165 Å². The Kier molecular flexibility index (Phi) is 5.36. The highest BCUT2D eigenvalue weighted by molar-refractivity contribution is 9.10. The van der Waals surface area contributed by atoms with Crippen molar-refractivity contribution in [2.24, 2.45) is 0 Å². The molecule has 3 rings (SSSR count). The molecule has 3 aromatic rings. The summed E-state index contributed by atoms with van der Waals surface area (Å²) in [5, 5.41) is 7.17. The normalized spacial score (nSPS) is 10.6. The number of nitrogens with one attached hydrogen (secondary N) is 2. The highest BCUT2D eigenvalue weighted by Crippen LogP contribution is 2.28. The second-order valence-electron chi connectivity index (χ2n) is 4.66. The van der Waals surface area contributed by atoms with Crippen LogP contribution < -0.4 is 10.6 Å². The van der Waals surface area contributed by atoms with E-state index >= 15 is 0 Å². The fourth-order valence-corrected chi connectivity index (χ4v) is 3.89. The van der Waals surface area contributed by atoms with Crippen LogP contribution in [0.3, 0.4) is 0 Å². The number of hydrogen-bond acceptors (Lipinski definition) is 4. The minimum atomic E-state index is -0.400. The van der Waals surface area contributed by atoms with Gasteiger partial charge in [-0.2, -0.15) is 0 Å². The molecule has 0 radical (unpaired) electrons. The van der Waals surface area contributed by atoms with Crippen molar-refractivity contribution in [3.63, 3.8) is 0 Å². The quantitative estimate of drug-likeness (QED) is 0.496. The van der Waals surface area contributed by atoms with E-state index in [2.05, 4.69) is 31.5 Å². The average molecular weight is 461 g/mol. The summed E-state index contributed by atoms with van der Waals surface area (Å²) in [5.74, 6) is -0.400. The van der Waals surface area contributed by atoms with Crippen LogP contribution in [-0.4, -0.2) is 16.0 Å². The fraction of sp³-hybridized carbons (Fsp3) is 0. The Balaban J connectivity index is 1.72. The lowest BCUT2D eigenvalue weighted by molar-refractivity contribution is 0.0978. The third-order valence-corrected chi connectivity index (χ3v) is 5.17. The summed E-state index contributed by atoms with van der Waals surface area (Å²) in [7, 11) is 0. The van der Waals surface area contributed by atoms with E-state index < -0.39 is 5.91 Å². The van der Waals surface area contributed by atoms with Crippen LogP contribution in [-0.2, 0) is 0 Å². The van der Waals surface area contributed by atoms with Gasteiger partial charge in [-0.1, -0.05) is 50.5 Å². The molecule has 0 fully saturated rings. The van der Waals surface area contributed by atoms with Gasteiger partial charge in [0, 0.05) is 9.50 Å². The zero-order valence-electron chi connectivity index (χ0n) is 11.8. The van der Waals surface area contributed by atoms with Crippen molar-refractivity contribution in [2.45, 2.75) is 0 Å². The van der Waals surface area contributed by atoms with Crippen molar-refractivity contribution in [2.75, 3.05) is 5.32 Å². The SMILES string of the molecule is O=C(NC(=S)Nc1nc2ccc(Cl)cc2s1)c1cc(Br)ccc1Cl. The average Bonchev–Trinajstić information content (AvgIpc) is 2.90. The topological polar surface area (TPSA) is 54.0 Å². The number of nitrogens with zero attached hydrogens (tertiary/aromatic N) is 1. The number of carbonyl (C=O) groups is 1. The van der Waals surface area contributed by atoms with Gasteiger partial charge in [0.15, 0.2) is 10.2 Å². The fourth-order valence-electron chi connectivity index (χ4n) is 1.92. The van der Waals surface area contributed by atoms with Crippen LogP contribution in [0.15, 0.2) is 40.9 Å². The van der Waals surface area contributed by atoms with Crippen molar-refractivity contribution in [3.05, 3.63) is 56.5 Å². The Hall–Kier alpha value is -1.25. The molecular weight excluding hydrogens is 453 g/mol. The van der Waals surface area contributed by atoms with Gasteiger partial charge in [0.25, 0.3) is 5.91 Å². The van der Waals surface area contributed by atoms with Crippen molar-refractivity contribution >= 4 is 89.1 Å². The van der Waals surface area contributed by atoms with Crippen molar-refractivity contribution in [3.8, 4) is 0 Å². The molecular formula is C15H8BrCl2N3OS2. The molecule has 0 aliphatic rings. The van der Waals surface area contributed by atoms with Gasteiger partial charge in [-0.05, 0) is 48.6 Å². The van der Waals surface area contributed by atoms with Gasteiger partial charge in [0.2, 0.25) is 0 Å². The monoisotopic (exact) mass is 459 g/mol. The number of benzene rings is 2. The van der Waals surface area contributed by atoms with E-state index in [1.165, 1.54) is 11.3 Å². The molecule has 0 aliphatic carbocycles. The van der Waals surface area contributed by atoms with Gasteiger partial charge in [-0.15, -0.1) is 0 Å². The lowest BCUT2D eigenvalue weighted by Gasteiger charge is -2.08. The van der Waals surface area contributed by atoms with Crippen LogP contribution in [0.4, 0.5) is 5.13 Å². The van der Waals surface area contributed by atoms with Crippen LogP contribution in [0, 0.1) is 0 Å². The van der Waals surface area contributed by atoms with Gasteiger partial charge in [0.1, 0.15) is 0 Å². The van der Waals surface area contributed by atoms with E-state index in [0.29, 0.717) is 20.7 Å². The smallest absolute Gasteiger partial charge is 0.258 e. The first-order chi connectivity index (χ1) is 11.4. The largest absolute Gasteiger partial charge is 0.308 e. The van der Waals surface area contributed by atoms with E-state index in [1.54, 1.807) is 24.3 Å². The number of fused-ring (bicyclic) bond motifs is 1. The molecule has 122 valence electrons. The lowest BCUT2D eigenvalue weighted by atomic mass is 10.2. The predicted molar refractivity (Wildman–Crippen MR) is 107 cm³/mol. The van der Waals surface area contributed by atoms with E-state index in [1.807, 2.05) is 12.1 Å². The number of thiazole rings is 1. The van der Waals surface area contributed by atoms with Crippen molar-refractivity contribution < 1.29 is 4.79 Å². The third kappa shape index (κ3) is 4.04. The second-order valence-corrected chi connectivity index (χ2v) is 7.86. The summed E-state index contributed by atoms with van der Waals surface area (Å²) < 4.78 is 1.67. The maximum absolute atomic E-state index is 12.3. The number of rotatable bonds is 2. The molecule has 4 nitrogen and oxygen atoms in total. The maximum atomic E-state index is 12.3. The maximum Gasteiger partial charge on any atom is 0.258 e. The molecule has 2 N–H and O–H groups in total. The first-order valence-electron chi connectivity index (χ1n) is 6.56. The molecule has 0 saturated heterocycles. The highest BCUT2D eigenvalue weighted by Gasteiger charge is 2.13. The molecule has 1 aromatic heterocycles. The number of thiocarbonyl (C=S) groups is 1. The summed E-state index contributed by atoms with van der Waals surface area (Å²) in [6.07, 6.45) is 0. The number of carbonyl (C=O) groups excluding carboxylic acids is 1. The number of halogens is 3. The molecule has 1 heterocycles. The highest BCUT2D eigenvalue weighted by atomic mass is 79.9. The lowest BCUT2D eigenvalue weighted by Crippen LogP contribution is -2.34. The third-order valence-electron chi connectivity index (χ3n) is 2.97. The summed E-state index contributed by atoms with van der Waals surface area (Å²) >= 11 is 21.8. The molecule has 0 atom stereocenters. The van der Waals surface area contributed by atoms with Gasteiger partial charge in [-0.3, -0.25) is 10.1 Å². The van der Waals surface area contributed by atoms with Crippen LogP contribution in [0.2, 0.25) is 10.0 Å². The standard InChI is InChI=1S/C15H8BrCl2N3OS2/c16-7-1-3-10(18)9(5-7)13(22)20-14(23)21-15-19-11-4-2-8(17)6-12(11)24-15/h1-6H,(H2,19,20,21,22,23). The second kappa shape index (κ2) is 7.33. The van der Waals surface area contributed by atoms with E-state index in [9.17, 15) is 4.79 Å². The summed E-state index contributed by atoms with van der Waals surface area (Å²) in [6.45, 7) is 0. The Morgan fingerprint density at radius 1 is 1.21 bits per heavy atom. The summed E-state index contributed by atoms with van der Waals surface area (Å²) in [6, 6.07) is 10.4. The van der Waals surface area contributed by atoms with Crippen molar-refractivity contribution in [1.82, 2.24) is 10.3 Å². The van der Waals surface area contributed by atoms with Crippen LogP contribution in [0.5, 0.6) is 0 Å². The van der Waals surface area contributed by atoms with Gasteiger partial charge in [0.05, 0.1) is 20.8 Å². The minimum absolute atomic E-state index is 0.140. The van der Waals surface area contributed by atoms with Gasteiger partial charge < -0.3 is 5.32 Å². The molecule has 24 heavy (non-hydrogen) atoms. The Morgan fingerprint density at radius 2 is 2.00 bits per heavy atom. The van der Waals surface area contributed by atoms with Crippen molar-refractivity contribution in [1.29, 1.82) is 0 Å². The Morgan fingerprint density at radius 3 is 2.79 bits per heavy atom. The molecule has 9 heteroatoms. The number of amides is 1. The summed E-state index contributed by atoms with van der Waals surface area (Å²) in [4.78, 5) is 16.6. The summed E-state index contributed by atoms with van der Waals surface area (Å²) in [5.41, 5.74) is 1.13. The Bertz CT molecular complexity index is 961. The first-order valence-corrected chi connectivity index (χ1v) is 9.33.